The number of piperidine rings is 3. The van der Waals surface area contributed by atoms with Crippen molar-refractivity contribution in [1.29, 1.82) is 0 Å². The number of halogens is 1. The van der Waals surface area contributed by atoms with Crippen LogP contribution in [0.1, 0.15) is 55.6 Å². The molecule has 3 aliphatic rings. The van der Waals surface area contributed by atoms with Gasteiger partial charge in [0.2, 0.25) is 11.8 Å². The van der Waals surface area contributed by atoms with Gasteiger partial charge in [0.05, 0.1) is 12.5 Å². The number of ether oxygens (including phenoxy) is 1. The Morgan fingerprint density at radius 3 is 2.43 bits per heavy atom. The fourth-order valence-electron chi connectivity index (χ4n) is 7.79. The molecule has 1 atom stereocenters. The molecule has 3 saturated heterocycles. The van der Waals surface area contributed by atoms with Gasteiger partial charge in [0.25, 0.3) is 5.56 Å². The zero-order valence-electron chi connectivity index (χ0n) is 28.1. The third-order valence-corrected chi connectivity index (χ3v) is 10.6. The van der Waals surface area contributed by atoms with E-state index in [0.29, 0.717) is 53.6 Å². The molecular formula is C38H43FN6O4. The second-order valence-electron chi connectivity index (χ2n) is 13.6. The number of likely N-dealkylation sites (tertiary alicyclic amines) is 2. The summed E-state index contributed by atoms with van der Waals surface area (Å²) >= 11 is 0. The second-order valence-corrected chi connectivity index (χ2v) is 13.6. The number of aromatic nitrogens is 2. The van der Waals surface area contributed by atoms with E-state index in [2.05, 4.69) is 37.6 Å². The van der Waals surface area contributed by atoms with Gasteiger partial charge in [-0.2, -0.15) is 0 Å². The van der Waals surface area contributed by atoms with Crippen LogP contribution in [-0.4, -0.2) is 76.5 Å². The molecule has 2 N–H and O–H groups in total. The topological polar surface area (TPSA) is 109 Å². The number of aryl methyl sites for hydroxylation is 1. The summed E-state index contributed by atoms with van der Waals surface area (Å²) in [7, 11) is 3.27. The number of nitrogens with one attached hydrogen (secondary N) is 2. The van der Waals surface area contributed by atoms with E-state index >= 15 is 4.39 Å². The van der Waals surface area contributed by atoms with Crippen LogP contribution in [0.2, 0.25) is 0 Å². The van der Waals surface area contributed by atoms with Crippen molar-refractivity contribution in [2.75, 3.05) is 38.6 Å². The summed E-state index contributed by atoms with van der Waals surface area (Å²) in [6.45, 7) is 4.40. The normalized spacial score (nSPS) is 20.0. The lowest BCUT2D eigenvalue weighted by Gasteiger charge is -2.42. The summed E-state index contributed by atoms with van der Waals surface area (Å²) in [4.78, 5) is 45.2. The van der Waals surface area contributed by atoms with Crippen molar-refractivity contribution in [2.24, 2.45) is 7.05 Å². The Morgan fingerprint density at radius 2 is 1.71 bits per heavy atom. The summed E-state index contributed by atoms with van der Waals surface area (Å²) in [6.07, 6.45) is 10.1. The number of fused-ring (bicyclic) bond motifs is 1. The summed E-state index contributed by atoms with van der Waals surface area (Å²) in [5.41, 5.74) is 4.05. The molecule has 256 valence electrons. The molecule has 7 rings (SSSR count). The number of carbonyl (C=O) groups excluding carboxylic acids is 2. The monoisotopic (exact) mass is 666 g/mol. The molecule has 3 aliphatic heterocycles. The molecule has 0 spiro atoms. The van der Waals surface area contributed by atoms with Gasteiger partial charge in [-0.1, -0.05) is 12.1 Å². The van der Waals surface area contributed by atoms with Crippen LogP contribution in [0.25, 0.3) is 21.9 Å². The Hall–Kier alpha value is -4.61. The van der Waals surface area contributed by atoms with Crippen LogP contribution >= 0.6 is 0 Å². The molecule has 4 aromatic rings. The maximum Gasteiger partial charge on any atom is 0.259 e. The van der Waals surface area contributed by atoms with Gasteiger partial charge < -0.3 is 19.5 Å². The highest BCUT2D eigenvalue weighted by atomic mass is 19.1. The zero-order valence-corrected chi connectivity index (χ0v) is 28.1. The minimum atomic E-state index is -0.377. The van der Waals surface area contributed by atoms with Gasteiger partial charge in [-0.3, -0.25) is 29.6 Å². The first kappa shape index (κ1) is 32.9. The standard InChI is InChI=1S/C38H43FN6O4/c1-43-22-31(29-9-14-40-21-30(29)38(43)48)26-19-33(39)32(35(20-26)49-2)23-44-15-12-28(13-16-44)45-17-10-25(11-18-45)24-3-5-27(6-4-24)41-34-7-8-36(46)42-37(34)47/h3-6,9,14,19-22,25,28,34,41H,7-8,10-13,15-18,23H2,1-2H3,(H,42,46,47). The number of anilines is 1. The van der Waals surface area contributed by atoms with Gasteiger partial charge in [-0.15, -0.1) is 0 Å². The maximum atomic E-state index is 15.8. The van der Waals surface area contributed by atoms with Crippen LogP contribution in [-0.2, 0) is 23.2 Å². The number of imide groups is 1. The van der Waals surface area contributed by atoms with Crippen molar-refractivity contribution in [3.63, 3.8) is 0 Å². The largest absolute Gasteiger partial charge is 0.496 e. The molecule has 1 unspecified atom stereocenters. The van der Waals surface area contributed by atoms with E-state index < -0.39 is 0 Å². The molecule has 10 nitrogen and oxygen atoms in total. The van der Waals surface area contributed by atoms with E-state index in [1.807, 2.05) is 18.2 Å². The summed E-state index contributed by atoms with van der Waals surface area (Å²) in [6, 6.07) is 13.8. The van der Waals surface area contributed by atoms with E-state index in [1.165, 1.54) is 10.1 Å². The van der Waals surface area contributed by atoms with E-state index in [9.17, 15) is 14.4 Å². The third kappa shape index (κ3) is 6.95. The lowest BCUT2D eigenvalue weighted by atomic mass is 9.88. The molecule has 0 bridgehead atoms. The molecule has 2 aromatic carbocycles. The van der Waals surface area contributed by atoms with Crippen LogP contribution < -0.4 is 20.9 Å². The maximum absolute atomic E-state index is 15.8. The molecule has 11 heteroatoms. The lowest BCUT2D eigenvalue weighted by Crippen LogP contribution is -2.47. The molecule has 2 amide bonds. The number of hydrogen-bond acceptors (Lipinski definition) is 8. The van der Waals surface area contributed by atoms with Crippen molar-refractivity contribution in [3.8, 4) is 16.9 Å². The van der Waals surface area contributed by atoms with Gasteiger partial charge in [-0.25, -0.2) is 4.39 Å². The smallest absolute Gasteiger partial charge is 0.259 e. The quantitative estimate of drug-likeness (QED) is 0.258. The molecular weight excluding hydrogens is 623 g/mol. The van der Waals surface area contributed by atoms with Crippen LogP contribution in [0, 0.1) is 5.82 Å². The summed E-state index contributed by atoms with van der Waals surface area (Å²) in [5, 5.41) is 6.89. The molecule has 3 fully saturated rings. The molecule has 0 aliphatic carbocycles. The van der Waals surface area contributed by atoms with E-state index in [0.717, 1.165) is 68.5 Å². The number of carbonyl (C=O) groups is 2. The van der Waals surface area contributed by atoms with Crippen LogP contribution in [0.15, 0.2) is 65.8 Å². The van der Waals surface area contributed by atoms with Crippen molar-refractivity contribution in [3.05, 3.63) is 88.4 Å². The van der Waals surface area contributed by atoms with E-state index in [1.54, 1.807) is 44.9 Å². The van der Waals surface area contributed by atoms with Gasteiger partial charge >= 0.3 is 0 Å². The van der Waals surface area contributed by atoms with Crippen LogP contribution in [0.4, 0.5) is 10.1 Å². The first-order valence-electron chi connectivity index (χ1n) is 17.2. The first-order valence-corrected chi connectivity index (χ1v) is 17.2. The minimum Gasteiger partial charge on any atom is -0.496 e. The highest BCUT2D eigenvalue weighted by Crippen LogP contribution is 2.35. The van der Waals surface area contributed by atoms with Crippen molar-refractivity contribution in [1.82, 2.24) is 24.7 Å². The second kappa shape index (κ2) is 14.1. The SMILES string of the molecule is COc1cc(-c2cn(C)c(=O)c3cnccc23)cc(F)c1CN1CCC(N2CCC(c3ccc(NC4CCC(=O)NC4=O)cc3)CC2)CC1. The minimum absolute atomic E-state index is 0.142. The Kier molecular flexibility index (Phi) is 9.46. The van der Waals surface area contributed by atoms with Gasteiger partial charge in [-0.05, 0) is 111 Å². The van der Waals surface area contributed by atoms with Crippen molar-refractivity contribution < 1.29 is 18.7 Å². The highest BCUT2D eigenvalue weighted by molar-refractivity contribution is 6.01. The molecule has 2 aromatic heterocycles. The fraction of sp³-hybridized carbons (Fsp3) is 0.421. The fourth-order valence-corrected chi connectivity index (χ4v) is 7.79. The average Bonchev–Trinajstić information content (AvgIpc) is 3.12. The number of amides is 2. The summed E-state index contributed by atoms with van der Waals surface area (Å²) in [5.74, 6) is 0.242. The Morgan fingerprint density at radius 1 is 0.959 bits per heavy atom. The number of pyridine rings is 2. The van der Waals surface area contributed by atoms with Crippen LogP contribution in [0.3, 0.4) is 0 Å². The molecule has 0 radical (unpaired) electrons. The predicted octanol–water partition coefficient (Wildman–Crippen LogP) is 4.81. The lowest BCUT2D eigenvalue weighted by molar-refractivity contribution is -0.133. The number of benzene rings is 2. The van der Waals surface area contributed by atoms with E-state index in [-0.39, 0.29) is 29.2 Å². The zero-order chi connectivity index (χ0) is 34.1. The highest BCUT2D eigenvalue weighted by Gasteiger charge is 2.30. The third-order valence-electron chi connectivity index (χ3n) is 10.6. The van der Waals surface area contributed by atoms with Crippen LogP contribution in [0.5, 0.6) is 5.75 Å². The van der Waals surface area contributed by atoms with E-state index in [4.69, 9.17) is 4.74 Å². The molecule has 5 heterocycles. The Balaban J connectivity index is 0.930. The molecule has 49 heavy (non-hydrogen) atoms. The molecule has 0 saturated carbocycles. The van der Waals surface area contributed by atoms with Gasteiger partial charge in [0, 0.05) is 61.5 Å². The number of rotatable bonds is 8. The van der Waals surface area contributed by atoms with Crippen molar-refractivity contribution >= 4 is 28.3 Å². The van der Waals surface area contributed by atoms with Gasteiger partial charge in [0.15, 0.2) is 0 Å². The summed E-state index contributed by atoms with van der Waals surface area (Å²) < 4.78 is 23.0. The number of methoxy groups -OCH3 is 1. The Bertz CT molecular complexity index is 1910. The van der Waals surface area contributed by atoms with Gasteiger partial charge in [0.1, 0.15) is 17.6 Å². The first-order chi connectivity index (χ1) is 23.8. The predicted molar refractivity (Wildman–Crippen MR) is 187 cm³/mol. The number of hydrogen-bond donors (Lipinski definition) is 2. The van der Waals surface area contributed by atoms with Crippen molar-refractivity contribution in [2.45, 2.75) is 63.1 Å². The Labute approximate surface area is 285 Å². The average molecular weight is 667 g/mol. The number of nitrogens with zero attached hydrogens (tertiary/aromatic N) is 4.